The molecule has 0 spiro atoms. The summed E-state index contributed by atoms with van der Waals surface area (Å²) in [4.78, 5) is 25.9. The van der Waals surface area contributed by atoms with Gasteiger partial charge in [-0.3, -0.25) is 19.7 Å². The van der Waals surface area contributed by atoms with Gasteiger partial charge in [0.25, 0.3) is 0 Å². The van der Waals surface area contributed by atoms with E-state index in [4.69, 9.17) is 5.73 Å². The highest BCUT2D eigenvalue weighted by Gasteiger charge is 1.97. The summed E-state index contributed by atoms with van der Waals surface area (Å²) in [5, 5.41) is 0. The second-order valence-corrected chi connectivity index (χ2v) is 3.57. The van der Waals surface area contributed by atoms with Crippen molar-refractivity contribution in [3.63, 3.8) is 0 Å². The predicted octanol–water partition coefficient (Wildman–Crippen LogP) is 3.56. The molecule has 1 atom stereocenters. The Morgan fingerprint density at radius 1 is 1.10 bits per heavy atom. The molecule has 2 N–H and O–H groups in total. The molecule has 0 amide bonds. The van der Waals surface area contributed by atoms with Crippen LogP contribution in [-0.2, 0) is 0 Å². The second-order valence-electron chi connectivity index (χ2n) is 3.57. The summed E-state index contributed by atoms with van der Waals surface area (Å²) < 4.78 is 0. The van der Waals surface area contributed by atoms with Crippen molar-refractivity contribution in [2.24, 2.45) is 5.73 Å². The maximum atomic E-state index is 10.5. The normalized spacial score (nSPS) is 9.76. The van der Waals surface area contributed by atoms with E-state index in [1.54, 1.807) is 18.6 Å². The summed E-state index contributed by atoms with van der Waals surface area (Å²) >= 11 is 4.24. The van der Waals surface area contributed by atoms with E-state index in [-0.39, 0.29) is 35.8 Å². The molecule has 2 aromatic rings. The van der Waals surface area contributed by atoms with Crippen molar-refractivity contribution in [3.05, 3.63) is 48.6 Å². The van der Waals surface area contributed by atoms with Crippen molar-refractivity contribution < 1.29 is 4.79 Å². The molecule has 116 valence electrons. The van der Waals surface area contributed by atoms with Crippen LogP contribution >= 0.6 is 61.2 Å². The van der Waals surface area contributed by atoms with Gasteiger partial charge in [-0.25, -0.2) is 4.98 Å². The Balaban J connectivity index is 0. The molecule has 0 bridgehead atoms. The van der Waals surface area contributed by atoms with Gasteiger partial charge in [0.1, 0.15) is 5.69 Å². The van der Waals surface area contributed by atoms with Crippen LogP contribution in [0.3, 0.4) is 0 Å². The molecule has 0 radical (unpaired) electrons. The van der Waals surface area contributed by atoms with Gasteiger partial charge in [0.05, 0.1) is 11.9 Å². The zero-order valence-corrected chi connectivity index (χ0v) is 18.1. The van der Waals surface area contributed by atoms with Gasteiger partial charge < -0.3 is 5.73 Å². The highest BCUT2D eigenvalue weighted by Crippen LogP contribution is 2.00. The summed E-state index contributed by atoms with van der Waals surface area (Å²) in [7, 11) is 0. The SMILES string of the molecule is CC(=O)c1cnccn1.CC(N)c1cnccn1.I.II. The zero-order valence-electron chi connectivity index (χ0n) is 11.5. The Hall–Kier alpha value is -0.0200. The van der Waals surface area contributed by atoms with Crippen LogP contribution in [0, 0.1) is 0 Å². The van der Waals surface area contributed by atoms with Crippen molar-refractivity contribution >= 4 is 67.0 Å². The lowest BCUT2D eigenvalue weighted by Crippen LogP contribution is -2.06. The fourth-order valence-corrected chi connectivity index (χ4v) is 1.03. The number of ketones is 1. The molecule has 21 heavy (non-hydrogen) atoms. The lowest BCUT2D eigenvalue weighted by molar-refractivity contribution is 0.101. The molecule has 0 aromatic carbocycles. The first-order valence-corrected chi connectivity index (χ1v) is 11.8. The Labute approximate surface area is 164 Å². The average Bonchev–Trinajstić information content (AvgIpc) is 2.51. The highest BCUT2D eigenvalue weighted by molar-refractivity contribution is 15.0. The first kappa shape index (κ1) is 23.2. The molecule has 2 rings (SSSR count). The van der Waals surface area contributed by atoms with Gasteiger partial charge in [0.15, 0.2) is 5.78 Å². The lowest BCUT2D eigenvalue weighted by Gasteiger charge is -1.99. The van der Waals surface area contributed by atoms with Gasteiger partial charge in [-0.15, -0.1) is 24.0 Å². The first-order valence-electron chi connectivity index (χ1n) is 5.54. The summed E-state index contributed by atoms with van der Waals surface area (Å²) in [6, 6.07) is -0.0151. The summed E-state index contributed by atoms with van der Waals surface area (Å²) in [6.07, 6.45) is 9.42. The quantitative estimate of drug-likeness (QED) is 0.405. The molecule has 0 saturated carbocycles. The number of aromatic nitrogens is 4. The first-order chi connectivity index (χ1) is 9.61. The van der Waals surface area contributed by atoms with Crippen LogP contribution in [0.15, 0.2) is 37.2 Å². The largest absolute Gasteiger partial charge is 0.323 e. The van der Waals surface area contributed by atoms with E-state index in [1.165, 1.54) is 25.5 Å². The average molecular weight is 627 g/mol. The van der Waals surface area contributed by atoms with Crippen molar-refractivity contribution in [2.45, 2.75) is 19.9 Å². The zero-order chi connectivity index (χ0) is 15.4. The summed E-state index contributed by atoms with van der Waals surface area (Å²) in [5.74, 6) is -0.0527. The third-order valence-corrected chi connectivity index (χ3v) is 1.97. The standard InChI is InChI=1S/C6H9N3.C6H6N2O.I2.HI/c1-5(7)6-4-8-2-3-9-6;1-5(9)6-4-7-2-3-8-6;1-2;/h2-5H,7H2,1H3;2-4H,1H3;;1H. The highest BCUT2D eigenvalue weighted by atomic mass is 128. The molecule has 2 heterocycles. The molecule has 6 nitrogen and oxygen atoms in total. The van der Waals surface area contributed by atoms with Crippen molar-refractivity contribution in [1.82, 2.24) is 19.9 Å². The number of rotatable bonds is 2. The van der Waals surface area contributed by atoms with Crippen LogP contribution in [0.2, 0.25) is 0 Å². The van der Waals surface area contributed by atoms with E-state index in [1.807, 2.05) is 6.92 Å². The van der Waals surface area contributed by atoms with Crippen LogP contribution in [0.25, 0.3) is 0 Å². The lowest BCUT2D eigenvalue weighted by atomic mass is 10.3. The van der Waals surface area contributed by atoms with Crippen LogP contribution in [0.5, 0.6) is 0 Å². The predicted molar refractivity (Wildman–Crippen MR) is 110 cm³/mol. The minimum atomic E-state index is -0.0527. The number of carbonyl (C=O) groups is 1. The van der Waals surface area contributed by atoms with E-state index in [2.05, 4.69) is 57.2 Å². The van der Waals surface area contributed by atoms with Crippen LogP contribution < -0.4 is 5.73 Å². The smallest absolute Gasteiger partial charge is 0.179 e. The number of hydrogen-bond acceptors (Lipinski definition) is 6. The molecule has 0 aliphatic carbocycles. The fraction of sp³-hybridized carbons (Fsp3) is 0.250. The molecule has 1 unspecified atom stereocenters. The molecular formula is C12H16I3N5O. The topological polar surface area (TPSA) is 94.7 Å². The van der Waals surface area contributed by atoms with Crippen molar-refractivity contribution in [2.75, 3.05) is 0 Å². The minimum Gasteiger partial charge on any atom is -0.323 e. The van der Waals surface area contributed by atoms with Crippen LogP contribution in [0.4, 0.5) is 0 Å². The maximum Gasteiger partial charge on any atom is 0.179 e. The monoisotopic (exact) mass is 627 g/mol. The third-order valence-electron chi connectivity index (χ3n) is 1.97. The number of nitrogens with zero attached hydrogens (tertiary/aromatic N) is 4. The third kappa shape index (κ3) is 11.2. The van der Waals surface area contributed by atoms with Crippen LogP contribution in [-0.4, -0.2) is 25.7 Å². The molecule has 0 aliphatic rings. The van der Waals surface area contributed by atoms with E-state index in [0.29, 0.717) is 5.69 Å². The van der Waals surface area contributed by atoms with Gasteiger partial charge in [-0.1, -0.05) is 0 Å². The van der Waals surface area contributed by atoms with E-state index in [0.717, 1.165) is 5.69 Å². The van der Waals surface area contributed by atoms with E-state index < -0.39 is 0 Å². The Kier molecular flexibility index (Phi) is 16.5. The van der Waals surface area contributed by atoms with Crippen molar-refractivity contribution in [1.29, 1.82) is 0 Å². The molecule has 0 fully saturated rings. The van der Waals surface area contributed by atoms with Crippen LogP contribution in [0.1, 0.15) is 36.1 Å². The van der Waals surface area contributed by atoms with Crippen molar-refractivity contribution in [3.8, 4) is 0 Å². The number of nitrogens with two attached hydrogens (primary N) is 1. The van der Waals surface area contributed by atoms with Gasteiger partial charge in [0.2, 0.25) is 0 Å². The van der Waals surface area contributed by atoms with Gasteiger partial charge in [-0.05, 0) is 6.92 Å². The maximum absolute atomic E-state index is 10.5. The minimum absolute atomic E-state index is 0. The van der Waals surface area contributed by atoms with Gasteiger partial charge >= 0.3 is 0 Å². The molecule has 2 aromatic heterocycles. The molecule has 0 aliphatic heterocycles. The Morgan fingerprint density at radius 3 is 1.86 bits per heavy atom. The Bertz CT molecular complexity index is 485. The molecule has 9 heteroatoms. The second kappa shape index (κ2) is 14.9. The Morgan fingerprint density at radius 2 is 1.62 bits per heavy atom. The number of Topliss-reactive ketones (excluding diaryl/α,β-unsaturated/α-hetero) is 1. The fourth-order valence-electron chi connectivity index (χ4n) is 1.03. The molecule has 0 saturated heterocycles. The number of halogens is 3. The van der Waals surface area contributed by atoms with E-state index in [9.17, 15) is 4.79 Å². The summed E-state index contributed by atoms with van der Waals surface area (Å²) in [6.45, 7) is 3.34. The number of carbonyl (C=O) groups excluding carboxylic acids is 1. The summed E-state index contributed by atoms with van der Waals surface area (Å²) in [5.41, 5.74) is 6.76. The van der Waals surface area contributed by atoms with E-state index >= 15 is 0 Å². The van der Waals surface area contributed by atoms with Gasteiger partial charge in [0, 0.05) is 81.2 Å². The number of hydrogen-bond donors (Lipinski definition) is 1. The van der Waals surface area contributed by atoms with Gasteiger partial charge in [-0.2, -0.15) is 0 Å². The molecular weight excluding hydrogens is 611 g/mol.